The van der Waals surface area contributed by atoms with Crippen LogP contribution in [0.5, 0.6) is 0 Å². The van der Waals surface area contributed by atoms with Gasteiger partial charge in [0.05, 0.1) is 6.54 Å². The summed E-state index contributed by atoms with van der Waals surface area (Å²) in [6.45, 7) is 8.41. The Balaban J connectivity index is 1.87. The fraction of sp³-hybridized carbons (Fsp3) is 0.562. The third-order valence-corrected chi connectivity index (χ3v) is 3.59. The van der Waals surface area contributed by atoms with E-state index in [4.69, 9.17) is 0 Å². The van der Waals surface area contributed by atoms with Crippen molar-refractivity contribution in [2.45, 2.75) is 26.3 Å². The number of carbonyl (C=O) groups excluding carboxylic acids is 2. The monoisotopic (exact) mass is 320 g/mol. The van der Waals surface area contributed by atoms with Gasteiger partial charge < -0.3 is 15.2 Å². The average molecular weight is 320 g/mol. The van der Waals surface area contributed by atoms with Crippen LogP contribution in [0.25, 0.3) is 0 Å². The Hall–Kier alpha value is -2.15. The number of pyridine rings is 1. The SMILES string of the molecule is CC(C)(C)NC(=O)CN1CCN(C(=O)c2ccc[nH]c2=O)CC1. The van der Waals surface area contributed by atoms with Crippen molar-refractivity contribution < 1.29 is 9.59 Å². The van der Waals surface area contributed by atoms with Crippen LogP contribution in [0.15, 0.2) is 23.1 Å². The highest BCUT2D eigenvalue weighted by Gasteiger charge is 2.25. The average Bonchev–Trinajstić information content (AvgIpc) is 2.46. The number of rotatable bonds is 3. The van der Waals surface area contributed by atoms with Crippen LogP contribution in [0.3, 0.4) is 0 Å². The van der Waals surface area contributed by atoms with Crippen molar-refractivity contribution in [3.8, 4) is 0 Å². The normalized spacial score (nSPS) is 16.2. The Morgan fingerprint density at radius 1 is 1.22 bits per heavy atom. The lowest BCUT2D eigenvalue weighted by atomic mass is 10.1. The summed E-state index contributed by atoms with van der Waals surface area (Å²) in [5, 5.41) is 2.93. The molecule has 0 aliphatic carbocycles. The quantitative estimate of drug-likeness (QED) is 0.824. The van der Waals surface area contributed by atoms with Crippen molar-refractivity contribution in [1.29, 1.82) is 0 Å². The molecule has 0 atom stereocenters. The van der Waals surface area contributed by atoms with Gasteiger partial charge in [0, 0.05) is 37.9 Å². The van der Waals surface area contributed by atoms with Gasteiger partial charge in [0.25, 0.3) is 11.5 Å². The van der Waals surface area contributed by atoms with E-state index in [1.54, 1.807) is 11.0 Å². The summed E-state index contributed by atoms with van der Waals surface area (Å²) >= 11 is 0. The second kappa shape index (κ2) is 6.95. The third-order valence-electron chi connectivity index (χ3n) is 3.59. The van der Waals surface area contributed by atoms with Crippen LogP contribution in [-0.2, 0) is 4.79 Å². The number of amides is 2. The predicted octanol–water partition coefficient (Wildman–Crippen LogP) is 0.0474. The molecule has 7 heteroatoms. The summed E-state index contributed by atoms with van der Waals surface area (Å²) in [5.41, 5.74) is -0.459. The molecule has 0 unspecified atom stereocenters. The fourth-order valence-electron chi connectivity index (χ4n) is 2.53. The molecule has 126 valence electrons. The van der Waals surface area contributed by atoms with E-state index in [9.17, 15) is 14.4 Å². The zero-order valence-corrected chi connectivity index (χ0v) is 13.9. The molecule has 23 heavy (non-hydrogen) atoms. The van der Waals surface area contributed by atoms with Crippen LogP contribution in [0, 0.1) is 0 Å². The smallest absolute Gasteiger partial charge is 0.260 e. The highest BCUT2D eigenvalue weighted by atomic mass is 16.2. The number of nitrogens with one attached hydrogen (secondary N) is 2. The molecule has 2 heterocycles. The molecule has 2 rings (SSSR count). The van der Waals surface area contributed by atoms with Gasteiger partial charge in [0.15, 0.2) is 0 Å². The predicted molar refractivity (Wildman–Crippen MR) is 87.3 cm³/mol. The summed E-state index contributed by atoms with van der Waals surface area (Å²) in [6, 6.07) is 3.17. The number of aromatic amines is 1. The lowest BCUT2D eigenvalue weighted by molar-refractivity contribution is -0.124. The standard InChI is InChI=1S/C16H24N4O3/c1-16(2,3)18-13(21)11-19-7-9-20(10-8-19)15(23)12-5-4-6-17-14(12)22/h4-6H,7-11H2,1-3H3,(H,17,22)(H,18,21). The van der Waals surface area contributed by atoms with E-state index < -0.39 is 0 Å². The summed E-state index contributed by atoms with van der Waals surface area (Å²) in [6.07, 6.45) is 1.50. The van der Waals surface area contributed by atoms with Crippen molar-refractivity contribution >= 4 is 11.8 Å². The van der Waals surface area contributed by atoms with Crippen molar-refractivity contribution in [2.75, 3.05) is 32.7 Å². The van der Waals surface area contributed by atoms with E-state index in [1.807, 2.05) is 25.7 Å². The molecule has 1 aromatic rings. The molecule has 1 aromatic heterocycles. The summed E-state index contributed by atoms with van der Waals surface area (Å²) in [7, 11) is 0. The lowest BCUT2D eigenvalue weighted by Gasteiger charge is -2.34. The van der Waals surface area contributed by atoms with E-state index >= 15 is 0 Å². The van der Waals surface area contributed by atoms with Crippen molar-refractivity contribution in [3.63, 3.8) is 0 Å². The van der Waals surface area contributed by atoms with Gasteiger partial charge in [-0.1, -0.05) is 0 Å². The van der Waals surface area contributed by atoms with Crippen LogP contribution in [0.1, 0.15) is 31.1 Å². The number of carbonyl (C=O) groups is 2. The molecule has 2 amide bonds. The largest absolute Gasteiger partial charge is 0.350 e. The number of aromatic nitrogens is 1. The Labute approximate surface area is 135 Å². The van der Waals surface area contributed by atoms with Crippen molar-refractivity contribution in [3.05, 3.63) is 34.2 Å². The van der Waals surface area contributed by atoms with Crippen LogP contribution in [0.4, 0.5) is 0 Å². The Bertz CT molecular complexity index is 625. The van der Waals surface area contributed by atoms with Crippen LogP contribution < -0.4 is 10.9 Å². The first-order chi connectivity index (χ1) is 10.8. The summed E-state index contributed by atoms with van der Waals surface area (Å²) < 4.78 is 0. The van der Waals surface area contributed by atoms with E-state index in [2.05, 4.69) is 10.3 Å². The summed E-state index contributed by atoms with van der Waals surface area (Å²) in [5.74, 6) is -0.276. The number of hydrogen-bond acceptors (Lipinski definition) is 4. The molecular formula is C16H24N4O3. The molecule has 1 aliphatic rings. The van der Waals surface area contributed by atoms with Gasteiger partial charge in [-0.05, 0) is 32.9 Å². The molecule has 7 nitrogen and oxygen atoms in total. The van der Waals surface area contributed by atoms with Crippen LogP contribution in [0.2, 0.25) is 0 Å². The van der Waals surface area contributed by atoms with Gasteiger partial charge in [-0.2, -0.15) is 0 Å². The van der Waals surface area contributed by atoms with Crippen molar-refractivity contribution in [1.82, 2.24) is 20.1 Å². The molecule has 1 aliphatic heterocycles. The number of piperazine rings is 1. The van der Waals surface area contributed by atoms with Gasteiger partial charge in [-0.3, -0.25) is 19.3 Å². The second-order valence-electron chi connectivity index (χ2n) is 6.78. The molecule has 0 spiro atoms. The maximum atomic E-state index is 12.3. The topological polar surface area (TPSA) is 85.5 Å². The van der Waals surface area contributed by atoms with Crippen LogP contribution in [-0.4, -0.2) is 64.9 Å². The zero-order chi connectivity index (χ0) is 17.0. The molecule has 0 bridgehead atoms. The number of nitrogens with zero attached hydrogens (tertiary/aromatic N) is 2. The van der Waals surface area contributed by atoms with Crippen LogP contribution >= 0.6 is 0 Å². The van der Waals surface area contributed by atoms with Gasteiger partial charge in [-0.25, -0.2) is 0 Å². The number of H-pyrrole nitrogens is 1. The number of hydrogen-bond donors (Lipinski definition) is 2. The minimum atomic E-state index is -0.371. The second-order valence-corrected chi connectivity index (χ2v) is 6.78. The minimum absolute atomic E-state index is 0.0169. The van der Waals surface area contributed by atoms with Gasteiger partial charge >= 0.3 is 0 Å². The van der Waals surface area contributed by atoms with E-state index in [1.165, 1.54) is 12.3 Å². The first kappa shape index (κ1) is 17.2. The Morgan fingerprint density at radius 3 is 2.43 bits per heavy atom. The molecule has 2 N–H and O–H groups in total. The third kappa shape index (κ3) is 4.92. The minimum Gasteiger partial charge on any atom is -0.350 e. The van der Waals surface area contributed by atoms with Gasteiger partial charge in [0.2, 0.25) is 5.91 Å². The highest BCUT2D eigenvalue weighted by Crippen LogP contribution is 2.06. The first-order valence-electron chi connectivity index (χ1n) is 7.76. The molecule has 0 radical (unpaired) electrons. The van der Waals surface area contributed by atoms with Gasteiger partial charge in [-0.15, -0.1) is 0 Å². The zero-order valence-electron chi connectivity index (χ0n) is 13.9. The lowest BCUT2D eigenvalue weighted by Crippen LogP contribution is -2.53. The maximum Gasteiger partial charge on any atom is 0.260 e. The molecular weight excluding hydrogens is 296 g/mol. The van der Waals surface area contributed by atoms with Crippen molar-refractivity contribution in [2.24, 2.45) is 0 Å². The fourth-order valence-corrected chi connectivity index (χ4v) is 2.53. The maximum absolute atomic E-state index is 12.3. The van der Waals surface area contributed by atoms with E-state index in [0.29, 0.717) is 32.7 Å². The molecule has 1 fully saturated rings. The Kier molecular flexibility index (Phi) is 5.20. The molecule has 1 saturated heterocycles. The molecule has 0 saturated carbocycles. The highest BCUT2D eigenvalue weighted by molar-refractivity contribution is 5.93. The van der Waals surface area contributed by atoms with Gasteiger partial charge in [0.1, 0.15) is 5.56 Å². The Morgan fingerprint density at radius 2 is 1.87 bits per heavy atom. The summed E-state index contributed by atoms with van der Waals surface area (Å²) in [4.78, 5) is 42.1. The molecule has 0 aromatic carbocycles. The first-order valence-corrected chi connectivity index (χ1v) is 7.76. The van der Waals surface area contributed by atoms with E-state index in [0.717, 1.165) is 0 Å². The van der Waals surface area contributed by atoms with E-state index in [-0.39, 0.29) is 28.5 Å².